The van der Waals surface area contributed by atoms with E-state index >= 15 is 0 Å². The molecule has 3 N–H and O–H groups in total. The molecule has 1 aromatic rings. The molecular formula is C11H16ClFN2O2. The Morgan fingerprint density at radius 3 is 2.82 bits per heavy atom. The summed E-state index contributed by atoms with van der Waals surface area (Å²) in [6.07, 6.45) is -0.664. The monoisotopic (exact) mass is 262 g/mol. The van der Waals surface area contributed by atoms with Crippen molar-refractivity contribution in [1.29, 1.82) is 0 Å². The molecule has 0 aliphatic carbocycles. The van der Waals surface area contributed by atoms with E-state index < -0.39 is 11.9 Å². The van der Waals surface area contributed by atoms with Gasteiger partial charge in [-0.3, -0.25) is 0 Å². The Kier molecular flexibility index (Phi) is 4.99. The zero-order valence-corrected chi connectivity index (χ0v) is 10.5. The van der Waals surface area contributed by atoms with Crippen LogP contribution < -0.4 is 10.6 Å². The van der Waals surface area contributed by atoms with Gasteiger partial charge in [0.2, 0.25) is 0 Å². The summed E-state index contributed by atoms with van der Waals surface area (Å²) in [7, 11) is 3.21. The number of hydrogen-bond acceptors (Lipinski definition) is 4. The molecule has 0 amide bonds. The molecule has 0 fully saturated rings. The van der Waals surface area contributed by atoms with Crippen molar-refractivity contribution in [3.8, 4) is 0 Å². The van der Waals surface area contributed by atoms with Gasteiger partial charge in [0.05, 0.1) is 29.1 Å². The summed E-state index contributed by atoms with van der Waals surface area (Å²) in [5.41, 5.74) is 6.59. The van der Waals surface area contributed by atoms with E-state index in [4.69, 9.17) is 22.1 Å². The smallest absolute Gasteiger partial charge is 0.144 e. The minimum absolute atomic E-state index is 0.0166. The first kappa shape index (κ1) is 14.0. The summed E-state index contributed by atoms with van der Waals surface area (Å²) in [6, 6.07) is 2.60. The summed E-state index contributed by atoms with van der Waals surface area (Å²) < 4.78 is 18.1. The molecule has 0 aliphatic rings. The van der Waals surface area contributed by atoms with Gasteiger partial charge in [0.25, 0.3) is 0 Å². The topological polar surface area (TPSA) is 58.7 Å². The van der Waals surface area contributed by atoms with Crippen molar-refractivity contribution in [2.24, 2.45) is 0 Å². The summed E-state index contributed by atoms with van der Waals surface area (Å²) in [5.74, 6) is -0.538. The molecule has 1 aromatic carbocycles. The van der Waals surface area contributed by atoms with Gasteiger partial charge in [0.15, 0.2) is 0 Å². The van der Waals surface area contributed by atoms with Crippen LogP contribution in [0.5, 0.6) is 0 Å². The summed E-state index contributed by atoms with van der Waals surface area (Å²) in [5, 5.41) is 9.55. The number of aliphatic hydroxyl groups excluding tert-OH is 1. The molecule has 0 aliphatic heterocycles. The van der Waals surface area contributed by atoms with Crippen molar-refractivity contribution in [3.05, 3.63) is 23.0 Å². The maximum Gasteiger partial charge on any atom is 0.144 e. The number of anilines is 2. The van der Waals surface area contributed by atoms with Gasteiger partial charge in [-0.2, -0.15) is 0 Å². The SMILES string of the molecule is COCC(O)CN(C)c1cc(F)c(Cl)cc1N. The van der Waals surface area contributed by atoms with Crippen LogP contribution in [0.4, 0.5) is 15.8 Å². The standard InChI is InChI=1S/C11H16ClFN2O2/c1-15(5-7(16)6-17-2)11-4-9(13)8(12)3-10(11)14/h3-4,7,16H,5-6,14H2,1-2H3. The molecule has 0 bridgehead atoms. The highest BCUT2D eigenvalue weighted by Gasteiger charge is 2.13. The molecule has 0 heterocycles. The lowest BCUT2D eigenvalue weighted by atomic mass is 10.2. The first-order valence-corrected chi connectivity index (χ1v) is 5.46. The fraction of sp³-hybridized carbons (Fsp3) is 0.455. The second-order valence-corrected chi connectivity index (χ2v) is 4.22. The first-order chi connectivity index (χ1) is 7.95. The van der Waals surface area contributed by atoms with E-state index in [0.717, 1.165) is 0 Å². The fourth-order valence-electron chi connectivity index (χ4n) is 1.54. The van der Waals surface area contributed by atoms with E-state index in [9.17, 15) is 9.50 Å². The molecule has 96 valence electrons. The highest BCUT2D eigenvalue weighted by Crippen LogP contribution is 2.28. The van der Waals surface area contributed by atoms with Crippen LogP contribution in [0.3, 0.4) is 0 Å². The lowest BCUT2D eigenvalue weighted by Gasteiger charge is -2.24. The number of likely N-dealkylation sites (N-methyl/N-ethyl adjacent to an activating group) is 1. The highest BCUT2D eigenvalue weighted by atomic mass is 35.5. The predicted octanol–water partition coefficient (Wildman–Crippen LogP) is 1.50. The van der Waals surface area contributed by atoms with Gasteiger partial charge in [-0.05, 0) is 6.07 Å². The van der Waals surface area contributed by atoms with Crippen LogP contribution in [-0.4, -0.2) is 38.5 Å². The minimum atomic E-state index is -0.664. The Morgan fingerprint density at radius 2 is 2.24 bits per heavy atom. The molecule has 0 aromatic heterocycles. The van der Waals surface area contributed by atoms with Gasteiger partial charge in [-0.25, -0.2) is 4.39 Å². The number of ether oxygens (including phenoxy) is 1. The van der Waals surface area contributed by atoms with Crippen molar-refractivity contribution in [1.82, 2.24) is 0 Å². The van der Waals surface area contributed by atoms with Crippen molar-refractivity contribution < 1.29 is 14.2 Å². The third-order valence-corrected chi connectivity index (χ3v) is 2.61. The number of halogens is 2. The van der Waals surface area contributed by atoms with Crippen LogP contribution in [0.25, 0.3) is 0 Å². The minimum Gasteiger partial charge on any atom is -0.397 e. The lowest BCUT2D eigenvalue weighted by molar-refractivity contribution is 0.0695. The van der Waals surface area contributed by atoms with Crippen molar-refractivity contribution in [2.45, 2.75) is 6.10 Å². The number of nitrogens with zero attached hydrogens (tertiary/aromatic N) is 1. The highest BCUT2D eigenvalue weighted by molar-refractivity contribution is 6.31. The maximum atomic E-state index is 13.3. The fourth-order valence-corrected chi connectivity index (χ4v) is 1.71. The van der Waals surface area contributed by atoms with E-state index in [0.29, 0.717) is 17.9 Å². The molecule has 0 saturated carbocycles. The van der Waals surface area contributed by atoms with Crippen LogP contribution in [0.2, 0.25) is 5.02 Å². The number of nitrogen functional groups attached to an aromatic ring is 1. The third-order valence-electron chi connectivity index (χ3n) is 2.32. The maximum absolute atomic E-state index is 13.3. The number of methoxy groups -OCH3 is 1. The Hall–Kier alpha value is -1.04. The molecule has 6 heteroatoms. The van der Waals surface area contributed by atoms with Crippen molar-refractivity contribution in [2.75, 3.05) is 37.9 Å². The predicted molar refractivity (Wildman–Crippen MR) is 67.0 cm³/mol. The van der Waals surface area contributed by atoms with E-state index in [1.807, 2.05) is 0 Å². The van der Waals surface area contributed by atoms with Crippen LogP contribution in [0.1, 0.15) is 0 Å². The molecule has 0 spiro atoms. The number of benzene rings is 1. The van der Waals surface area contributed by atoms with Gasteiger partial charge in [0, 0.05) is 26.8 Å². The molecule has 17 heavy (non-hydrogen) atoms. The van der Waals surface area contributed by atoms with Crippen molar-refractivity contribution in [3.63, 3.8) is 0 Å². The van der Waals surface area contributed by atoms with Crippen molar-refractivity contribution >= 4 is 23.0 Å². The van der Waals surface area contributed by atoms with Crippen LogP contribution >= 0.6 is 11.6 Å². The first-order valence-electron chi connectivity index (χ1n) is 5.08. The Labute approximate surface area is 105 Å². The third kappa shape index (κ3) is 3.73. The van der Waals surface area contributed by atoms with Gasteiger partial charge < -0.3 is 20.5 Å². The molecule has 1 atom stereocenters. The lowest BCUT2D eigenvalue weighted by Crippen LogP contribution is -2.32. The molecular weight excluding hydrogens is 247 g/mol. The molecule has 0 saturated heterocycles. The Bertz CT molecular complexity index is 390. The van der Waals surface area contributed by atoms with E-state index in [1.165, 1.54) is 19.2 Å². The number of rotatable bonds is 5. The van der Waals surface area contributed by atoms with Crippen LogP contribution in [-0.2, 0) is 4.74 Å². The summed E-state index contributed by atoms with van der Waals surface area (Å²) >= 11 is 5.60. The average Bonchev–Trinajstić information content (AvgIpc) is 2.23. The largest absolute Gasteiger partial charge is 0.397 e. The Morgan fingerprint density at radius 1 is 1.59 bits per heavy atom. The van der Waals surface area contributed by atoms with Crippen LogP contribution in [0, 0.1) is 5.82 Å². The van der Waals surface area contributed by atoms with E-state index in [1.54, 1.807) is 11.9 Å². The molecule has 1 unspecified atom stereocenters. The van der Waals surface area contributed by atoms with Gasteiger partial charge in [-0.1, -0.05) is 11.6 Å². The molecule has 1 rings (SSSR count). The van der Waals surface area contributed by atoms with E-state index in [2.05, 4.69) is 0 Å². The molecule has 0 radical (unpaired) electrons. The normalized spacial score (nSPS) is 12.5. The summed E-state index contributed by atoms with van der Waals surface area (Å²) in [6.45, 7) is 0.499. The number of hydrogen-bond donors (Lipinski definition) is 2. The van der Waals surface area contributed by atoms with Crippen LogP contribution in [0.15, 0.2) is 12.1 Å². The molecule has 4 nitrogen and oxygen atoms in total. The zero-order chi connectivity index (χ0) is 13.0. The van der Waals surface area contributed by atoms with E-state index in [-0.39, 0.29) is 11.6 Å². The zero-order valence-electron chi connectivity index (χ0n) is 9.78. The quantitative estimate of drug-likeness (QED) is 0.790. The van der Waals surface area contributed by atoms with Gasteiger partial charge in [-0.15, -0.1) is 0 Å². The van der Waals surface area contributed by atoms with Gasteiger partial charge >= 0.3 is 0 Å². The Balaban J connectivity index is 2.81. The summed E-state index contributed by atoms with van der Waals surface area (Å²) in [4.78, 5) is 1.65. The number of aliphatic hydroxyl groups is 1. The number of nitrogens with two attached hydrogens (primary N) is 1. The second-order valence-electron chi connectivity index (χ2n) is 3.81. The van der Waals surface area contributed by atoms with Gasteiger partial charge in [0.1, 0.15) is 5.82 Å². The average molecular weight is 263 g/mol. The second kappa shape index (κ2) is 6.05.